The van der Waals surface area contributed by atoms with Crippen LogP contribution in [0, 0.1) is 0 Å². The average Bonchev–Trinajstić information content (AvgIpc) is 2.59. The number of hydrogen-bond donors (Lipinski definition) is 1. The van der Waals surface area contributed by atoms with Crippen molar-refractivity contribution in [1.82, 2.24) is 0 Å². The van der Waals surface area contributed by atoms with Crippen molar-refractivity contribution in [2.75, 3.05) is 19.1 Å². The van der Waals surface area contributed by atoms with E-state index in [0.29, 0.717) is 0 Å². The van der Waals surface area contributed by atoms with Crippen molar-refractivity contribution in [1.29, 1.82) is 0 Å². The van der Waals surface area contributed by atoms with E-state index >= 15 is 0 Å². The number of thioether (sulfide) groups is 1. The summed E-state index contributed by atoms with van der Waals surface area (Å²) in [5, 5.41) is 3.20. The predicted molar refractivity (Wildman–Crippen MR) is 64.6 cm³/mol. The molecule has 0 amide bonds. The second kappa shape index (κ2) is 3.71. The molecule has 0 spiro atoms. The van der Waals surface area contributed by atoms with Crippen LogP contribution in [-0.2, 0) is 0 Å². The molecular weight excluding hydrogens is 214 g/mol. The molecule has 1 aromatic carbocycles. The highest BCUT2D eigenvalue weighted by atomic mass is 32.2. The molecule has 0 saturated carbocycles. The minimum atomic E-state index is 0.811. The predicted octanol–water partition coefficient (Wildman–Crippen LogP) is 3.21. The number of methoxy groups -OCH3 is 1. The molecule has 2 rings (SSSR count). The van der Waals surface area contributed by atoms with Gasteiger partial charge in [0.15, 0.2) is 0 Å². The summed E-state index contributed by atoms with van der Waals surface area (Å²) in [6.07, 6.45) is 2.05. The number of hydrogen-bond acceptors (Lipinski definition) is 4. The Bertz CT molecular complexity index is 464. The zero-order valence-electron chi connectivity index (χ0n) is 8.03. The Kier molecular flexibility index (Phi) is 2.56. The molecule has 0 aliphatic heterocycles. The van der Waals surface area contributed by atoms with Gasteiger partial charge in [-0.15, -0.1) is 23.1 Å². The van der Waals surface area contributed by atoms with Crippen LogP contribution in [0.3, 0.4) is 0 Å². The first kappa shape index (κ1) is 9.68. The molecular formula is C10H11NOS2. The van der Waals surface area contributed by atoms with Crippen molar-refractivity contribution in [2.45, 2.75) is 4.90 Å². The molecule has 2 N–H and O–H groups in total. The van der Waals surface area contributed by atoms with Crippen LogP contribution in [-0.4, -0.2) is 13.4 Å². The van der Waals surface area contributed by atoms with Gasteiger partial charge >= 0.3 is 0 Å². The number of ether oxygens (including phenoxy) is 1. The third kappa shape index (κ3) is 1.44. The largest absolute Gasteiger partial charge is 0.495 e. The molecule has 1 aromatic heterocycles. The maximum Gasteiger partial charge on any atom is 0.138 e. The van der Waals surface area contributed by atoms with E-state index in [9.17, 15) is 0 Å². The van der Waals surface area contributed by atoms with Crippen LogP contribution in [0.1, 0.15) is 0 Å². The maximum atomic E-state index is 5.80. The van der Waals surface area contributed by atoms with Crippen LogP contribution < -0.4 is 10.5 Å². The number of nitrogen functional groups attached to an aromatic ring is 1. The summed E-state index contributed by atoms with van der Waals surface area (Å²) in [6.45, 7) is 0. The van der Waals surface area contributed by atoms with E-state index in [1.165, 1.54) is 15.0 Å². The summed E-state index contributed by atoms with van der Waals surface area (Å²) in [6, 6.07) is 3.98. The molecule has 0 saturated heterocycles. The van der Waals surface area contributed by atoms with E-state index in [2.05, 4.69) is 0 Å². The molecule has 4 heteroatoms. The van der Waals surface area contributed by atoms with Crippen molar-refractivity contribution in [3.63, 3.8) is 0 Å². The van der Waals surface area contributed by atoms with Crippen molar-refractivity contribution >= 4 is 38.9 Å². The van der Waals surface area contributed by atoms with E-state index in [1.54, 1.807) is 30.2 Å². The van der Waals surface area contributed by atoms with Crippen molar-refractivity contribution < 1.29 is 4.74 Å². The van der Waals surface area contributed by atoms with E-state index in [-0.39, 0.29) is 0 Å². The van der Waals surface area contributed by atoms with Crippen LogP contribution >= 0.6 is 23.1 Å². The Morgan fingerprint density at radius 3 is 2.86 bits per heavy atom. The van der Waals surface area contributed by atoms with Gasteiger partial charge in [0.1, 0.15) is 5.75 Å². The zero-order valence-corrected chi connectivity index (χ0v) is 9.67. The first-order valence-electron chi connectivity index (χ1n) is 4.15. The molecule has 1 heterocycles. The van der Waals surface area contributed by atoms with Gasteiger partial charge < -0.3 is 10.5 Å². The summed E-state index contributed by atoms with van der Waals surface area (Å²) in [4.78, 5) is 1.18. The van der Waals surface area contributed by atoms with Crippen LogP contribution in [0.15, 0.2) is 22.4 Å². The molecule has 0 atom stereocenters. The molecule has 0 aliphatic rings. The number of anilines is 1. The smallest absolute Gasteiger partial charge is 0.138 e. The fraction of sp³-hybridized carbons (Fsp3) is 0.200. The summed E-state index contributed by atoms with van der Waals surface area (Å²) in [5.74, 6) is 0.939. The zero-order chi connectivity index (χ0) is 10.1. The number of nitrogens with two attached hydrogens (primary N) is 1. The molecule has 0 aliphatic carbocycles. The molecule has 2 nitrogen and oxygen atoms in total. The van der Waals surface area contributed by atoms with E-state index in [0.717, 1.165) is 11.4 Å². The average molecular weight is 225 g/mol. The molecule has 0 radical (unpaired) electrons. The lowest BCUT2D eigenvalue weighted by Crippen LogP contribution is -1.86. The van der Waals surface area contributed by atoms with Crippen LogP contribution in [0.5, 0.6) is 5.75 Å². The van der Waals surface area contributed by atoms with Gasteiger partial charge in [0.25, 0.3) is 0 Å². The standard InChI is InChI=1S/C10H11NOS2/c1-12-7-5-14-9-4-6(11)3-8(13-2)10(7)9/h3-5H,11H2,1-2H3. The highest BCUT2D eigenvalue weighted by molar-refractivity contribution is 7.98. The van der Waals surface area contributed by atoms with Crippen LogP contribution in [0.4, 0.5) is 5.69 Å². The minimum absolute atomic E-state index is 0.811. The summed E-state index contributed by atoms with van der Waals surface area (Å²) < 4.78 is 6.49. The lowest BCUT2D eigenvalue weighted by molar-refractivity contribution is 0.421. The maximum absolute atomic E-state index is 5.80. The SMILES string of the molecule is COc1csc2cc(N)cc(SC)c12. The van der Waals surface area contributed by atoms with Crippen molar-refractivity contribution in [2.24, 2.45) is 0 Å². The summed E-state index contributed by atoms with van der Waals surface area (Å²) in [5.41, 5.74) is 6.61. The van der Waals surface area contributed by atoms with Crippen molar-refractivity contribution in [3.8, 4) is 5.75 Å². The second-order valence-electron chi connectivity index (χ2n) is 2.90. The molecule has 0 fully saturated rings. The fourth-order valence-corrected chi connectivity index (χ4v) is 3.15. The number of rotatable bonds is 2. The van der Waals surface area contributed by atoms with Gasteiger partial charge in [0.05, 0.1) is 7.11 Å². The number of benzene rings is 1. The van der Waals surface area contributed by atoms with E-state index in [4.69, 9.17) is 10.5 Å². The Hall–Kier alpha value is -0.870. The number of thiophene rings is 1. The highest BCUT2D eigenvalue weighted by Crippen LogP contribution is 2.39. The van der Waals surface area contributed by atoms with Gasteiger partial charge in [-0.25, -0.2) is 0 Å². The topological polar surface area (TPSA) is 35.2 Å². The van der Waals surface area contributed by atoms with Crippen LogP contribution in [0.25, 0.3) is 10.1 Å². The van der Waals surface area contributed by atoms with Gasteiger partial charge in [0, 0.05) is 26.0 Å². The van der Waals surface area contributed by atoms with Crippen molar-refractivity contribution in [3.05, 3.63) is 17.5 Å². The molecule has 14 heavy (non-hydrogen) atoms. The quantitative estimate of drug-likeness (QED) is 0.629. The van der Waals surface area contributed by atoms with Gasteiger partial charge in [-0.05, 0) is 18.4 Å². The number of fused-ring (bicyclic) bond motifs is 1. The lowest BCUT2D eigenvalue weighted by Gasteiger charge is -2.03. The van der Waals surface area contributed by atoms with Gasteiger partial charge in [-0.1, -0.05) is 0 Å². The first-order valence-corrected chi connectivity index (χ1v) is 6.25. The molecule has 2 aromatic rings. The Balaban J connectivity index is 2.78. The molecule has 0 bridgehead atoms. The van der Waals surface area contributed by atoms with Gasteiger partial charge in [-0.2, -0.15) is 0 Å². The lowest BCUT2D eigenvalue weighted by atomic mass is 10.2. The second-order valence-corrected chi connectivity index (χ2v) is 4.66. The monoisotopic (exact) mass is 225 g/mol. The van der Waals surface area contributed by atoms with E-state index < -0.39 is 0 Å². The van der Waals surface area contributed by atoms with E-state index in [1.807, 2.05) is 23.8 Å². The normalized spacial score (nSPS) is 10.7. The first-order chi connectivity index (χ1) is 6.76. The van der Waals surface area contributed by atoms with Gasteiger partial charge in [0.2, 0.25) is 0 Å². The Morgan fingerprint density at radius 2 is 2.21 bits per heavy atom. The fourth-order valence-electron chi connectivity index (χ4n) is 1.43. The Labute approximate surface area is 91.1 Å². The highest BCUT2D eigenvalue weighted by Gasteiger charge is 2.09. The molecule has 74 valence electrons. The Morgan fingerprint density at radius 1 is 1.43 bits per heavy atom. The summed E-state index contributed by atoms with van der Waals surface area (Å²) >= 11 is 3.36. The third-order valence-electron chi connectivity index (χ3n) is 2.07. The van der Waals surface area contributed by atoms with Gasteiger partial charge in [-0.3, -0.25) is 0 Å². The molecule has 0 unspecified atom stereocenters. The minimum Gasteiger partial charge on any atom is -0.495 e. The summed E-state index contributed by atoms with van der Waals surface area (Å²) in [7, 11) is 1.70. The third-order valence-corrected chi connectivity index (χ3v) is 3.74. The van der Waals surface area contributed by atoms with Crippen LogP contribution in [0.2, 0.25) is 0 Å².